The van der Waals surface area contributed by atoms with Crippen molar-refractivity contribution in [3.8, 4) is 17.1 Å². The largest absolute Gasteiger partial charge is 0.483 e. The Labute approximate surface area is 254 Å². The Hall–Kier alpha value is -3.77. The predicted molar refractivity (Wildman–Crippen MR) is 158 cm³/mol. The molecule has 12 heteroatoms. The summed E-state index contributed by atoms with van der Waals surface area (Å²) in [5, 5.41) is 10.5. The van der Waals surface area contributed by atoms with Crippen LogP contribution in [0, 0.1) is 5.82 Å². The molecule has 2 aromatic heterocycles. The van der Waals surface area contributed by atoms with Crippen LogP contribution in [-0.2, 0) is 22.9 Å². The monoisotopic (exact) mass is 615 g/mol. The number of aromatic nitrogens is 2. The van der Waals surface area contributed by atoms with Gasteiger partial charge in [-0.05, 0) is 81.1 Å². The van der Waals surface area contributed by atoms with E-state index in [1.165, 1.54) is 11.6 Å². The lowest BCUT2D eigenvalue weighted by atomic mass is 9.69. The van der Waals surface area contributed by atoms with Gasteiger partial charge < -0.3 is 20.1 Å². The number of rotatable bonds is 6. The molecule has 2 fully saturated rings. The third-order valence-corrected chi connectivity index (χ3v) is 8.74. The van der Waals surface area contributed by atoms with E-state index in [2.05, 4.69) is 21.3 Å². The molecule has 0 radical (unpaired) electrons. The number of anilines is 1. The van der Waals surface area contributed by atoms with Crippen molar-refractivity contribution in [3.05, 3.63) is 71.3 Å². The molecule has 3 aliphatic rings. The van der Waals surface area contributed by atoms with Gasteiger partial charge in [0.15, 0.2) is 0 Å². The van der Waals surface area contributed by atoms with Crippen molar-refractivity contribution in [2.24, 2.45) is 0 Å². The summed E-state index contributed by atoms with van der Waals surface area (Å²) in [6.07, 6.45) is 0.746. The Morgan fingerprint density at radius 3 is 2.64 bits per heavy atom. The number of hydrogen-bond acceptors (Lipinski definition) is 7. The molecule has 0 aliphatic carbocycles. The molecule has 1 spiro atoms. The fraction of sp³-hybridized carbons (Fsp3) is 0.469. The van der Waals surface area contributed by atoms with E-state index in [9.17, 15) is 17.6 Å². The highest BCUT2D eigenvalue weighted by Crippen LogP contribution is 2.45. The summed E-state index contributed by atoms with van der Waals surface area (Å²) >= 11 is 0. The maximum Gasteiger partial charge on any atom is 0.418 e. The van der Waals surface area contributed by atoms with E-state index >= 15 is 0 Å². The summed E-state index contributed by atoms with van der Waals surface area (Å²) in [6.45, 7) is 6.55. The summed E-state index contributed by atoms with van der Waals surface area (Å²) in [4.78, 5) is 22.1. The quantitative estimate of drug-likeness (QED) is 0.277. The van der Waals surface area contributed by atoms with Crippen molar-refractivity contribution in [1.82, 2.24) is 20.2 Å². The highest BCUT2D eigenvalue weighted by atomic mass is 19.4. The molecule has 2 N–H and O–H groups in total. The third kappa shape index (κ3) is 6.81. The molecule has 1 aromatic carbocycles. The molecule has 0 saturated carbocycles. The van der Waals surface area contributed by atoms with Crippen molar-refractivity contribution < 1.29 is 32.2 Å². The third-order valence-electron chi connectivity index (χ3n) is 8.74. The molecule has 8 nitrogen and oxygen atoms in total. The lowest BCUT2D eigenvalue weighted by Gasteiger charge is -2.49. The number of alkyl halides is 3. The van der Waals surface area contributed by atoms with E-state index in [1.54, 1.807) is 11.1 Å². The van der Waals surface area contributed by atoms with Gasteiger partial charge >= 0.3 is 6.18 Å². The normalized spacial score (nSPS) is 19.7. The van der Waals surface area contributed by atoms with Crippen LogP contribution >= 0.6 is 0 Å². The van der Waals surface area contributed by atoms with Crippen LogP contribution in [0.1, 0.15) is 49.4 Å². The maximum absolute atomic E-state index is 13.8. The minimum Gasteiger partial charge on any atom is -0.483 e. The average molecular weight is 616 g/mol. The summed E-state index contributed by atoms with van der Waals surface area (Å²) in [5.74, 6) is -0.331. The van der Waals surface area contributed by atoms with Gasteiger partial charge in [-0.2, -0.15) is 13.2 Å². The first-order valence-corrected chi connectivity index (χ1v) is 14.9. The van der Waals surface area contributed by atoms with E-state index in [0.29, 0.717) is 57.1 Å². The van der Waals surface area contributed by atoms with Crippen molar-refractivity contribution in [2.75, 3.05) is 44.2 Å². The lowest BCUT2D eigenvalue weighted by Crippen LogP contribution is -2.54. The van der Waals surface area contributed by atoms with Gasteiger partial charge in [0.1, 0.15) is 5.82 Å². The van der Waals surface area contributed by atoms with Gasteiger partial charge in [-0.3, -0.25) is 14.7 Å². The van der Waals surface area contributed by atoms with Gasteiger partial charge in [0.2, 0.25) is 5.88 Å². The van der Waals surface area contributed by atoms with Gasteiger partial charge in [-0.15, -0.1) is 0 Å². The zero-order valence-corrected chi connectivity index (χ0v) is 24.6. The number of benzene rings is 1. The topological polar surface area (TPSA) is 90.8 Å². The molecule has 236 valence electrons. The molecule has 0 unspecified atom stereocenters. The molecule has 0 amide bonds. The van der Waals surface area contributed by atoms with Crippen LogP contribution < -0.4 is 15.0 Å². The number of nitrogens with zero attached hydrogens (tertiary/aromatic N) is 4. The predicted octanol–water partition coefficient (Wildman–Crippen LogP) is 5.51. The second-order valence-electron chi connectivity index (χ2n) is 11.5. The highest BCUT2D eigenvalue weighted by Gasteiger charge is 2.44. The first kappa shape index (κ1) is 31.6. The number of pyridine rings is 2. The van der Waals surface area contributed by atoms with Crippen LogP contribution in [0.15, 0.2) is 48.7 Å². The lowest BCUT2D eigenvalue weighted by molar-refractivity contribution is -0.137. The minimum absolute atomic E-state index is 0.0466. The SMILES string of the molecule is CCOc1ncccc1-c1ccc2c(n1)CN(C[C@H]1CCCN1)CC21CCN(c2ccc(F)cc2C(F)(F)F)CC1.O=CO. The van der Waals surface area contributed by atoms with Crippen molar-refractivity contribution in [2.45, 2.75) is 56.8 Å². The van der Waals surface area contributed by atoms with Gasteiger partial charge in [0.05, 0.1) is 29.1 Å². The molecule has 44 heavy (non-hydrogen) atoms. The number of carbonyl (C=O) groups is 1. The van der Waals surface area contributed by atoms with Gasteiger partial charge in [-0.25, -0.2) is 9.37 Å². The molecule has 2 saturated heterocycles. The Bertz CT molecular complexity index is 1440. The maximum atomic E-state index is 13.8. The highest BCUT2D eigenvalue weighted by molar-refractivity contribution is 5.65. The summed E-state index contributed by atoms with van der Waals surface area (Å²) in [6, 6.07) is 11.4. The molecule has 6 rings (SSSR count). The standard InChI is InChI=1S/C31H35F4N5O.CH2O2/c1-2-41-29-23(6-4-14-37-29)26-9-8-24-27(38-26)19-39(18-22-5-3-13-36-22)20-30(24)11-15-40(16-12-30)28-10-7-21(32)17-25(28)31(33,34)35;2-1-3/h4,6-10,14,17,22,36H,2-3,5,11-13,15-16,18-20H2,1H3;1H,(H,2,3)/t22-;/m1./s1. The summed E-state index contributed by atoms with van der Waals surface area (Å²) in [7, 11) is 0. The van der Waals surface area contributed by atoms with Crippen LogP contribution in [0.25, 0.3) is 11.3 Å². The number of halogens is 4. The van der Waals surface area contributed by atoms with Crippen LogP contribution in [0.3, 0.4) is 0 Å². The zero-order chi connectivity index (χ0) is 31.3. The second kappa shape index (κ2) is 13.5. The van der Waals surface area contributed by atoms with Crippen LogP contribution in [-0.4, -0.2) is 71.8 Å². The first-order valence-electron chi connectivity index (χ1n) is 14.9. The average Bonchev–Trinajstić information content (AvgIpc) is 3.51. The van der Waals surface area contributed by atoms with E-state index in [-0.39, 0.29) is 17.6 Å². The number of carboxylic acid groups (broad SMARTS) is 1. The Balaban J connectivity index is 0.00000123. The number of piperidine rings is 1. The number of nitrogens with one attached hydrogen (secondary N) is 1. The Morgan fingerprint density at radius 1 is 1.18 bits per heavy atom. The molecule has 1 atom stereocenters. The minimum atomic E-state index is -4.62. The molecule has 0 bridgehead atoms. The Morgan fingerprint density at radius 2 is 1.95 bits per heavy atom. The smallest absolute Gasteiger partial charge is 0.418 e. The fourth-order valence-corrected chi connectivity index (χ4v) is 6.84. The van der Waals surface area contributed by atoms with Crippen molar-refractivity contribution in [3.63, 3.8) is 0 Å². The van der Waals surface area contributed by atoms with Gasteiger partial charge in [0.25, 0.3) is 6.47 Å². The van der Waals surface area contributed by atoms with Gasteiger partial charge in [-0.1, -0.05) is 6.07 Å². The van der Waals surface area contributed by atoms with Crippen LogP contribution in [0.5, 0.6) is 5.88 Å². The number of fused-ring (bicyclic) bond motifs is 2. The molecular formula is C32H37F4N5O3. The van der Waals surface area contributed by atoms with E-state index in [1.807, 2.05) is 25.1 Å². The van der Waals surface area contributed by atoms with Crippen molar-refractivity contribution >= 4 is 12.2 Å². The van der Waals surface area contributed by atoms with E-state index < -0.39 is 17.6 Å². The zero-order valence-electron chi connectivity index (χ0n) is 24.6. The summed E-state index contributed by atoms with van der Waals surface area (Å²) in [5.41, 5.74) is 2.72. The molecule has 3 aromatic rings. The molecule has 3 aliphatic heterocycles. The van der Waals surface area contributed by atoms with Crippen LogP contribution in [0.2, 0.25) is 0 Å². The number of hydrogen-bond donors (Lipinski definition) is 2. The number of ether oxygens (including phenoxy) is 1. The Kier molecular flexibility index (Phi) is 9.69. The van der Waals surface area contributed by atoms with Crippen molar-refractivity contribution in [1.29, 1.82) is 0 Å². The van der Waals surface area contributed by atoms with Gasteiger partial charge in [0, 0.05) is 56.1 Å². The van der Waals surface area contributed by atoms with E-state index in [0.717, 1.165) is 55.5 Å². The molecule has 5 heterocycles. The van der Waals surface area contributed by atoms with E-state index in [4.69, 9.17) is 19.6 Å². The van der Waals surface area contributed by atoms with Crippen LogP contribution in [0.4, 0.5) is 23.2 Å². The summed E-state index contributed by atoms with van der Waals surface area (Å²) < 4.78 is 61.0. The fourth-order valence-electron chi connectivity index (χ4n) is 6.84. The first-order chi connectivity index (χ1) is 21.2. The molecular weight excluding hydrogens is 578 g/mol. The second-order valence-corrected chi connectivity index (χ2v) is 11.5.